The fourth-order valence-electron chi connectivity index (χ4n) is 2.36. The molecule has 0 aliphatic heterocycles. The zero-order valence-electron chi connectivity index (χ0n) is 9.45. The first kappa shape index (κ1) is 10.9. The molecule has 1 aromatic carbocycles. The molecule has 1 N–H and O–H groups in total. The molecule has 3 rings (SSSR count). The van der Waals surface area contributed by atoms with E-state index in [0.29, 0.717) is 11.1 Å². The molecular formula is C14H14ClNO. The Morgan fingerprint density at radius 1 is 1.24 bits per heavy atom. The van der Waals surface area contributed by atoms with E-state index in [1.54, 1.807) is 6.07 Å². The maximum atomic E-state index is 5.71. The van der Waals surface area contributed by atoms with Crippen LogP contribution in [0.1, 0.15) is 22.8 Å². The zero-order chi connectivity index (χ0) is 11.7. The number of furan rings is 1. The van der Waals surface area contributed by atoms with Gasteiger partial charge < -0.3 is 9.73 Å². The SMILES string of the molecule is Clc1ccc(CNCC2Cc3ccccc32)o1. The quantitative estimate of drug-likeness (QED) is 0.896. The summed E-state index contributed by atoms with van der Waals surface area (Å²) in [5, 5.41) is 3.86. The second-order valence-electron chi connectivity index (χ2n) is 4.44. The number of benzene rings is 1. The van der Waals surface area contributed by atoms with Crippen LogP contribution >= 0.6 is 11.6 Å². The molecular weight excluding hydrogens is 234 g/mol. The highest BCUT2D eigenvalue weighted by atomic mass is 35.5. The van der Waals surface area contributed by atoms with Crippen molar-refractivity contribution in [2.75, 3.05) is 6.54 Å². The summed E-state index contributed by atoms with van der Waals surface area (Å²) in [6.07, 6.45) is 1.18. The molecule has 2 aromatic rings. The minimum absolute atomic E-state index is 0.454. The van der Waals surface area contributed by atoms with Crippen molar-refractivity contribution in [3.8, 4) is 0 Å². The number of hydrogen-bond donors (Lipinski definition) is 1. The van der Waals surface area contributed by atoms with Crippen molar-refractivity contribution in [1.82, 2.24) is 5.32 Å². The lowest BCUT2D eigenvalue weighted by molar-refractivity contribution is 0.463. The van der Waals surface area contributed by atoms with Crippen LogP contribution in [0.3, 0.4) is 0 Å². The van der Waals surface area contributed by atoms with Crippen molar-refractivity contribution in [3.05, 3.63) is 58.5 Å². The summed E-state index contributed by atoms with van der Waals surface area (Å²) >= 11 is 5.71. The van der Waals surface area contributed by atoms with E-state index in [1.807, 2.05) is 6.07 Å². The van der Waals surface area contributed by atoms with E-state index in [4.69, 9.17) is 16.0 Å². The fourth-order valence-corrected chi connectivity index (χ4v) is 2.52. The molecule has 0 amide bonds. The molecule has 0 spiro atoms. The smallest absolute Gasteiger partial charge is 0.193 e. The lowest BCUT2D eigenvalue weighted by Gasteiger charge is -2.30. The van der Waals surface area contributed by atoms with Crippen LogP contribution in [-0.4, -0.2) is 6.54 Å². The van der Waals surface area contributed by atoms with Crippen molar-refractivity contribution in [2.24, 2.45) is 0 Å². The van der Waals surface area contributed by atoms with Crippen LogP contribution < -0.4 is 5.32 Å². The Morgan fingerprint density at radius 2 is 2.12 bits per heavy atom. The standard InChI is InChI=1S/C14H14ClNO/c15-14-6-5-12(17-14)9-16-8-11-7-10-3-1-2-4-13(10)11/h1-6,11,16H,7-9H2. The highest BCUT2D eigenvalue weighted by molar-refractivity contribution is 6.28. The van der Waals surface area contributed by atoms with Gasteiger partial charge >= 0.3 is 0 Å². The maximum absolute atomic E-state index is 5.71. The molecule has 1 unspecified atom stereocenters. The Morgan fingerprint density at radius 3 is 2.88 bits per heavy atom. The summed E-state index contributed by atoms with van der Waals surface area (Å²) in [4.78, 5) is 0. The van der Waals surface area contributed by atoms with Gasteiger partial charge in [-0.2, -0.15) is 0 Å². The lowest BCUT2D eigenvalue weighted by Crippen LogP contribution is -2.28. The summed E-state index contributed by atoms with van der Waals surface area (Å²) in [5.74, 6) is 1.54. The second-order valence-corrected chi connectivity index (χ2v) is 4.81. The van der Waals surface area contributed by atoms with Gasteiger partial charge in [0.15, 0.2) is 5.22 Å². The van der Waals surface area contributed by atoms with Gasteiger partial charge in [0, 0.05) is 12.5 Å². The van der Waals surface area contributed by atoms with Gasteiger partial charge in [-0.1, -0.05) is 24.3 Å². The highest BCUT2D eigenvalue weighted by Gasteiger charge is 2.24. The Hall–Kier alpha value is -1.25. The molecule has 3 heteroatoms. The number of rotatable bonds is 4. The molecule has 0 saturated carbocycles. The maximum Gasteiger partial charge on any atom is 0.193 e. The minimum Gasteiger partial charge on any atom is -0.448 e. The number of fused-ring (bicyclic) bond motifs is 1. The Balaban J connectivity index is 1.51. The minimum atomic E-state index is 0.454. The molecule has 17 heavy (non-hydrogen) atoms. The Bertz CT molecular complexity index is 520. The second kappa shape index (κ2) is 4.55. The molecule has 0 radical (unpaired) electrons. The van der Waals surface area contributed by atoms with Crippen LogP contribution in [0.2, 0.25) is 5.22 Å². The summed E-state index contributed by atoms with van der Waals surface area (Å²) in [6.45, 7) is 1.74. The molecule has 1 atom stereocenters. The third kappa shape index (κ3) is 2.24. The van der Waals surface area contributed by atoms with Crippen molar-refractivity contribution in [2.45, 2.75) is 18.9 Å². The van der Waals surface area contributed by atoms with Gasteiger partial charge in [0.2, 0.25) is 0 Å². The first-order valence-corrected chi connectivity index (χ1v) is 6.23. The van der Waals surface area contributed by atoms with Crippen molar-refractivity contribution < 1.29 is 4.42 Å². The van der Waals surface area contributed by atoms with Crippen LogP contribution in [0.25, 0.3) is 0 Å². The predicted molar refractivity (Wildman–Crippen MR) is 68.3 cm³/mol. The van der Waals surface area contributed by atoms with E-state index in [0.717, 1.165) is 18.8 Å². The van der Waals surface area contributed by atoms with Gasteiger partial charge in [-0.25, -0.2) is 0 Å². The third-order valence-corrected chi connectivity index (χ3v) is 3.48. The molecule has 1 heterocycles. The van der Waals surface area contributed by atoms with Crippen LogP contribution in [0.15, 0.2) is 40.8 Å². The van der Waals surface area contributed by atoms with Gasteiger partial charge in [-0.3, -0.25) is 0 Å². The Labute approximate surface area is 106 Å². The number of halogens is 1. The van der Waals surface area contributed by atoms with Gasteiger partial charge in [-0.15, -0.1) is 0 Å². The molecule has 1 aliphatic carbocycles. The summed E-state index contributed by atoms with van der Waals surface area (Å²) < 4.78 is 5.29. The first-order valence-electron chi connectivity index (χ1n) is 5.85. The monoisotopic (exact) mass is 247 g/mol. The molecule has 1 aromatic heterocycles. The fraction of sp³-hybridized carbons (Fsp3) is 0.286. The molecule has 1 aliphatic rings. The normalized spacial score (nSPS) is 17.6. The van der Waals surface area contributed by atoms with Gasteiger partial charge in [0.05, 0.1) is 6.54 Å². The number of hydrogen-bond acceptors (Lipinski definition) is 2. The average molecular weight is 248 g/mol. The topological polar surface area (TPSA) is 25.2 Å². The molecule has 0 bridgehead atoms. The van der Waals surface area contributed by atoms with Crippen LogP contribution in [0, 0.1) is 0 Å². The first-order chi connectivity index (χ1) is 8.33. The molecule has 2 nitrogen and oxygen atoms in total. The van der Waals surface area contributed by atoms with Crippen molar-refractivity contribution >= 4 is 11.6 Å². The lowest BCUT2D eigenvalue weighted by atomic mass is 9.77. The van der Waals surface area contributed by atoms with Crippen LogP contribution in [-0.2, 0) is 13.0 Å². The zero-order valence-corrected chi connectivity index (χ0v) is 10.2. The van der Waals surface area contributed by atoms with E-state index >= 15 is 0 Å². The highest BCUT2D eigenvalue weighted by Crippen LogP contribution is 2.34. The van der Waals surface area contributed by atoms with Crippen LogP contribution in [0.5, 0.6) is 0 Å². The van der Waals surface area contributed by atoms with E-state index < -0.39 is 0 Å². The molecule has 0 fully saturated rings. The third-order valence-electron chi connectivity index (χ3n) is 3.28. The van der Waals surface area contributed by atoms with E-state index in [9.17, 15) is 0 Å². The Kier molecular flexibility index (Phi) is 2.91. The van der Waals surface area contributed by atoms with E-state index in [1.165, 1.54) is 17.5 Å². The summed E-state index contributed by atoms with van der Waals surface area (Å²) in [6, 6.07) is 12.3. The van der Waals surface area contributed by atoms with Crippen molar-refractivity contribution in [1.29, 1.82) is 0 Å². The van der Waals surface area contributed by atoms with Gasteiger partial charge in [0.1, 0.15) is 5.76 Å². The van der Waals surface area contributed by atoms with Crippen molar-refractivity contribution in [3.63, 3.8) is 0 Å². The number of nitrogens with one attached hydrogen (secondary N) is 1. The van der Waals surface area contributed by atoms with Gasteiger partial charge in [0.25, 0.3) is 0 Å². The largest absolute Gasteiger partial charge is 0.448 e. The van der Waals surface area contributed by atoms with Gasteiger partial charge in [-0.05, 0) is 41.3 Å². The predicted octanol–water partition coefficient (Wildman–Crippen LogP) is 3.36. The van der Waals surface area contributed by atoms with E-state index in [-0.39, 0.29) is 0 Å². The summed E-state index contributed by atoms with van der Waals surface area (Å²) in [7, 11) is 0. The molecule has 0 saturated heterocycles. The van der Waals surface area contributed by atoms with Crippen LogP contribution in [0.4, 0.5) is 0 Å². The summed E-state index contributed by atoms with van der Waals surface area (Å²) in [5.41, 5.74) is 2.97. The molecule has 88 valence electrons. The van der Waals surface area contributed by atoms with E-state index in [2.05, 4.69) is 29.6 Å². The average Bonchev–Trinajstić information content (AvgIpc) is 2.71.